The molecular formula is C15H14F2O. The molecule has 2 rings (SSSR count). The van der Waals surface area contributed by atoms with Crippen LogP contribution in [0.5, 0.6) is 0 Å². The fourth-order valence-corrected chi connectivity index (χ4v) is 2.12. The molecule has 3 heteroatoms. The van der Waals surface area contributed by atoms with Crippen molar-refractivity contribution >= 4 is 0 Å². The Kier molecular flexibility index (Phi) is 3.43. The van der Waals surface area contributed by atoms with Gasteiger partial charge in [0.25, 0.3) is 0 Å². The number of hydrogen-bond donors (Lipinski definition) is 1. The maximum atomic E-state index is 13.9. The number of aliphatic hydroxyl groups excluding tert-OH is 1. The van der Waals surface area contributed by atoms with Crippen LogP contribution >= 0.6 is 0 Å². The molecule has 0 radical (unpaired) electrons. The highest BCUT2D eigenvalue weighted by Crippen LogP contribution is 2.28. The summed E-state index contributed by atoms with van der Waals surface area (Å²) in [7, 11) is 0. The van der Waals surface area contributed by atoms with Gasteiger partial charge in [0.2, 0.25) is 0 Å². The van der Waals surface area contributed by atoms with Crippen molar-refractivity contribution < 1.29 is 13.9 Å². The van der Waals surface area contributed by atoms with Crippen LogP contribution in [0.3, 0.4) is 0 Å². The quantitative estimate of drug-likeness (QED) is 0.859. The fraction of sp³-hybridized carbons (Fsp3) is 0.200. The Labute approximate surface area is 105 Å². The zero-order chi connectivity index (χ0) is 13.3. The number of benzene rings is 2. The molecule has 0 aliphatic rings. The highest BCUT2D eigenvalue weighted by atomic mass is 19.1. The Bertz CT molecular complexity index is 555. The van der Waals surface area contributed by atoms with Gasteiger partial charge in [0.05, 0.1) is 0 Å². The van der Waals surface area contributed by atoms with Crippen LogP contribution in [0.15, 0.2) is 36.4 Å². The van der Waals surface area contributed by atoms with Crippen LogP contribution in [0.1, 0.15) is 28.4 Å². The van der Waals surface area contributed by atoms with E-state index in [4.69, 9.17) is 0 Å². The average molecular weight is 248 g/mol. The second-order valence-corrected chi connectivity index (χ2v) is 4.43. The Morgan fingerprint density at radius 2 is 1.78 bits per heavy atom. The predicted molar refractivity (Wildman–Crippen MR) is 66.3 cm³/mol. The smallest absolute Gasteiger partial charge is 0.129 e. The number of aliphatic hydroxyl groups is 1. The summed E-state index contributed by atoms with van der Waals surface area (Å²) in [5, 5.41) is 10.2. The third kappa shape index (κ3) is 2.41. The van der Waals surface area contributed by atoms with Crippen LogP contribution in [0, 0.1) is 25.5 Å². The van der Waals surface area contributed by atoms with Crippen molar-refractivity contribution in [3.8, 4) is 0 Å². The Morgan fingerprint density at radius 3 is 2.39 bits per heavy atom. The Balaban J connectivity index is 2.49. The van der Waals surface area contributed by atoms with Gasteiger partial charge >= 0.3 is 0 Å². The summed E-state index contributed by atoms with van der Waals surface area (Å²) >= 11 is 0. The van der Waals surface area contributed by atoms with E-state index in [-0.39, 0.29) is 5.56 Å². The largest absolute Gasteiger partial charge is 0.384 e. The van der Waals surface area contributed by atoms with E-state index in [0.29, 0.717) is 11.1 Å². The van der Waals surface area contributed by atoms with E-state index in [2.05, 4.69) is 0 Å². The van der Waals surface area contributed by atoms with E-state index >= 15 is 0 Å². The standard InChI is InChI=1S/C15H14F2O/c1-9-6-10(2)14(13(17)7-9)15(18)11-4-3-5-12(16)8-11/h3-8,15,18H,1-2H3. The predicted octanol–water partition coefficient (Wildman–Crippen LogP) is 3.66. The van der Waals surface area contributed by atoms with Gasteiger partial charge in [0, 0.05) is 5.56 Å². The SMILES string of the molecule is Cc1cc(C)c(C(O)c2cccc(F)c2)c(F)c1. The van der Waals surface area contributed by atoms with Crippen LogP contribution < -0.4 is 0 Å². The number of rotatable bonds is 2. The second-order valence-electron chi connectivity index (χ2n) is 4.43. The van der Waals surface area contributed by atoms with Crippen LogP contribution in [0.4, 0.5) is 8.78 Å². The normalized spacial score (nSPS) is 12.5. The lowest BCUT2D eigenvalue weighted by Gasteiger charge is -2.16. The molecule has 0 aliphatic heterocycles. The summed E-state index contributed by atoms with van der Waals surface area (Å²) in [6.07, 6.45) is -1.15. The maximum Gasteiger partial charge on any atom is 0.129 e. The van der Waals surface area contributed by atoms with Crippen LogP contribution in [-0.4, -0.2) is 5.11 Å². The molecule has 1 N–H and O–H groups in total. The van der Waals surface area contributed by atoms with E-state index in [9.17, 15) is 13.9 Å². The lowest BCUT2D eigenvalue weighted by molar-refractivity contribution is 0.213. The van der Waals surface area contributed by atoms with Crippen molar-refractivity contribution in [1.29, 1.82) is 0 Å². The summed E-state index contributed by atoms with van der Waals surface area (Å²) in [4.78, 5) is 0. The number of aryl methyl sites for hydroxylation is 2. The van der Waals surface area contributed by atoms with E-state index in [1.807, 2.05) is 0 Å². The second kappa shape index (κ2) is 4.86. The first-order valence-corrected chi connectivity index (χ1v) is 5.69. The van der Waals surface area contributed by atoms with Crippen molar-refractivity contribution in [1.82, 2.24) is 0 Å². The summed E-state index contributed by atoms with van der Waals surface area (Å²) < 4.78 is 27.0. The Hall–Kier alpha value is -1.74. The summed E-state index contributed by atoms with van der Waals surface area (Å²) in [5.41, 5.74) is 2.00. The molecule has 1 unspecified atom stereocenters. The lowest BCUT2D eigenvalue weighted by atomic mass is 9.95. The number of hydrogen-bond acceptors (Lipinski definition) is 1. The first-order chi connectivity index (χ1) is 8.49. The highest BCUT2D eigenvalue weighted by molar-refractivity contribution is 5.38. The van der Waals surface area contributed by atoms with Crippen LogP contribution in [0.25, 0.3) is 0 Å². The third-order valence-corrected chi connectivity index (χ3v) is 2.92. The van der Waals surface area contributed by atoms with E-state index in [1.165, 1.54) is 24.3 Å². The Morgan fingerprint density at radius 1 is 1.06 bits per heavy atom. The van der Waals surface area contributed by atoms with Gasteiger partial charge in [-0.1, -0.05) is 18.2 Å². The summed E-state index contributed by atoms with van der Waals surface area (Å²) in [6, 6.07) is 8.73. The fourth-order valence-electron chi connectivity index (χ4n) is 2.12. The molecule has 0 aromatic heterocycles. The van der Waals surface area contributed by atoms with E-state index < -0.39 is 17.7 Å². The van der Waals surface area contributed by atoms with Crippen LogP contribution in [-0.2, 0) is 0 Å². The molecule has 2 aromatic carbocycles. The monoisotopic (exact) mass is 248 g/mol. The minimum atomic E-state index is -1.15. The van der Waals surface area contributed by atoms with Crippen molar-refractivity contribution in [2.75, 3.05) is 0 Å². The molecule has 0 fully saturated rings. The first kappa shape index (κ1) is 12.7. The molecule has 18 heavy (non-hydrogen) atoms. The van der Waals surface area contributed by atoms with E-state index in [0.717, 1.165) is 5.56 Å². The molecule has 2 aromatic rings. The summed E-state index contributed by atoms with van der Waals surface area (Å²) in [6.45, 7) is 3.52. The van der Waals surface area contributed by atoms with Gasteiger partial charge in [-0.15, -0.1) is 0 Å². The molecule has 1 atom stereocenters. The van der Waals surface area contributed by atoms with Gasteiger partial charge in [-0.3, -0.25) is 0 Å². The molecule has 0 saturated heterocycles. The maximum absolute atomic E-state index is 13.9. The van der Waals surface area contributed by atoms with Crippen molar-refractivity contribution in [2.45, 2.75) is 20.0 Å². The zero-order valence-electron chi connectivity index (χ0n) is 10.2. The van der Waals surface area contributed by atoms with Gasteiger partial charge in [-0.05, 0) is 48.7 Å². The first-order valence-electron chi connectivity index (χ1n) is 5.69. The van der Waals surface area contributed by atoms with Gasteiger partial charge in [0.1, 0.15) is 17.7 Å². The van der Waals surface area contributed by atoms with Gasteiger partial charge in [0.15, 0.2) is 0 Å². The lowest BCUT2D eigenvalue weighted by Crippen LogP contribution is -2.06. The molecule has 0 aliphatic carbocycles. The highest BCUT2D eigenvalue weighted by Gasteiger charge is 2.18. The number of halogens is 2. The molecule has 0 saturated carbocycles. The molecule has 0 bridgehead atoms. The van der Waals surface area contributed by atoms with Crippen molar-refractivity contribution in [2.24, 2.45) is 0 Å². The third-order valence-electron chi connectivity index (χ3n) is 2.92. The minimum absolute atomic E-state index is 0.200. The van der Waals surface area contributed by atoms with Crippen molar-refractivity contribution in [3.63, 3.8) is 0 Å². The van der Waals surface area contributed by atoms with Crippen molar-refractivity contribution in [3.05, 3.63) is 70.3 Å². The van der Waals surface area contributed by atoms with Gasteiger partial charge < -0.3 is 5.11 Å². The molecule has 0 spiro atoms. The van der Waals surface area contributed by atoms with Crippen LogP contribution in [0.2, 0.25) is 0 Å². The molecule has 94 valence electrons. The average Bonchev–Trinajstić information content (AvgIpc) is 2.27. The summed E-state index contributed by atoms with van der Waals surface area (Å²) in [5.74, 6) is -0.916. The molecule has 0 heterocycles. The molecule has 0 amide bonds. The molecular weight excluding hydrogens is 234 g/mol. The van der Waals surface area contributed by atoms with Gasteiger partial charge in [-0.25, -0.2) is 8.78 Å². The van der Waals surface area contributed by atoms with Gasteiger partial charge in [-0.2, -0.15) is 0 Å². The molecule has 1 nitrogen and oxygen atoms in total. The topological polar surface area (TPSA) is 20.2 Å². The zero-order valence-corrected chi connectivity index (χ0v) is 10.2. The minimum Gasteiger partial charge on any atom is -0.384 e. The van der Waals surface area contributed by atoms with E-state index in [1.54, 1.807) is 26.0 Å².